The van der Waals surface area contributed by atoms with E-state index in [0.717, 1.165) is 17.5 Å². The quantitative estimate of drug-likeness (QED) is 0.551. The Hall–Kier alpha value is -3.93. The van der Waals surface area contributed by atoms with E-state index < -0.39 is 5.91 Å². The highest BCUT2D eigenvalue weighted by Crippen LogP contribution is 2.32. The van der Waals surface area contributed by atoms with Crippen LogP contribution in [0.15, 0.2) is 60.7 Å². The first kappa shape index (κ1) is 21.3. The number of anilines is 2. The summed E-state index contributed by atoms with van der Waals surface area (Å²) in [5.74, 6) is -0.619. The second-order valence-electron chi connectivity index (χ2n) is 7.79. The Kier molecular flexibility index (Phi) is 5.77. The van der Waals surface area contributed by atoms with Crippen LogP contribution in [0.3, 0.4) is 0 Å². The molecule has 3 aromatic rings. The van der Waals surface area contributed by atoms with Gasteiger partial charge in [0.15, 0.2) is 0 Å². The Balaban J connectivity index is 1.62. The average Bonchev–Trinajstić information content (AvgIpc) is 3.04. The van der Waals surface area contributed by atoms with Crippen LogP contribution in [-0.4, -0.2) is 24.3 Å². The predicted molar refractivity (Wildman–Crippen MR) is 124 cm³/mol. The third kappa shape index (κ3) is 3.87. The number of ether oxygens (including phenoxy) is 1. The highest BCUT2D eigenvalue weighted by molar-refractivity contribution is 6.35. The van der Waals surface area contributed by atoms with E-state index in [1.807, 2.05) is 45.0 Å². The highest BCUT2D eigenvalue weighted by Gasteiger charge is 2.37. The smallest absolute Gasteiger partial charge is 0.266 e. The number of carbonyl (C=O) groups is 3. The second-order valence-corrected chi connectivity index (χ2v) is 7.79. The molecule has 1 heterocycles. The van der Waals surface area contributed by atoms with Gasteiger partial charge in [-0.2, -0.15) is 0 Å². The molecule has 3 aromatic carbocycles. The number of carbonyl (C=O) groups excluding carboxylic acids is 3. The minimum absolute atomic E-state index is 0.221. The van der Waals surface area contributed by atoms with Crippen LogP contribution in [0.25, 0.3) is 0 Å². The number of aryl methyl sites for hydroxylation is 2. The molecular weight excluding hydrogens is 404 g/mol. The average molecular weight is 428 g/mol. The second kappa shape index (κ2) is 8.67. The largest absolute Gasteiger partial charge is 0.491 e. The lowest BCUT2D eigenvalue weighted by atomic mass is 10.1. The van der Waals surface area contributed by atoms with Crippen LogP contribution in [0.4, 0.5) is 11.4 Å². The summed E-state index contributed by atoms with van der Waals surface area (Å²) < 4.78 is 5.69. The van der Waals surface area contributed by atoms with Crippen LogP contribution in [-0.2, 0) is 0 Å². The molecule has 0 atom stereocenters. The van der Waals surface area contributed by atoms with Crippen molar-refractivity contribution in [2.75, 3.05) is 16.8 Å². The number of para-hydroxylation sites is 2. The lowest BCUT2D eigenvalue weighted by Crippen LogP contribution is -2.30. The van der Waals surface area contributed by atoms with Gasteiger partial charge in [0.2, 0.25) is 0 Å². The Morgan fingerprint density at radius 1 is 0.938 bits per heavy atom. The summed E-state index contributed by atoms with van der Waals surface area (Å²) in [6, 6.07) is 17.4. The van der Waals surface area contributed by atoms with Crippen molar-refractivity contribution < 1.29 is 19.1 Å². The zero-order chi connectivity index (χ0) is 22.8. The highest BCUT2D eigenvalue weighted by atomic mass is 16.5. The van der Waals surface area contributed by atoms with Crippen molar-refractivity contribution >= 4 is 29.1 Å². The fourth-order valence-electron chi connectivity index (χ4n) is 3.66. The predicted octanol–water partition coefficient (Wildman–Crippen LogP) is 5.15. The molecule has 0 spiro atoms. The van der Waals surface area contributed by atoms with Gasteiger partial charge in [-0.3, -0.25) is 14.4 Å². The monoisotopic (exact) mass is 428 g/mol. The summed E-state index contributed by atoms with van der Waals surface area (Å²) in [6.07, 6.45) is 0.847. The first-order chi connectivity index (χ1) is 15.4. The molecule has 32 heavy (non-hydrogen) atoms. The van der Waals surface area contributed by atoms with E-state index in [1.54, 1.807) is 24.3 Å². The summed E-state index contributed by atoms with van der Waals surface area (Å²) in [4.78, 5) is 40.2. The van der Waals surface area contributed by atoms with E-state index in [-0.39, 0.29) is 22.9 Å². The standard InChI is InChI=1S/C26H24N2O4/c1-4-13-32-23-8-6-5-7-21(23)27-24(29)18-11-12-19-20(15-18)26(31)28(25(19)30)22-14-16(2)9-10-17(22)3/h5-12,14-15H,4,13H2,1-3H3,(H,27,29). The van der Waals surface area contributed by atoms with Gasteiger partial charge in [-0.1, -0.05) is 31.2 Å². The van der Waals surface area contributed by atoms with Crippen molar-refractivity contribution in [3.05, 3.63) is 88.5 Å². The molecule has 0 unspecified atom stereocenters. The summed E-state index contributed by atoms with van der Waals surface area (Å²) in [5, 5.41) is 2.84. The molecule has 6 nitrogen and oxygen atoms in total. The Morgan fingerprint density at radius 3 is 2.47 bits per heavy atom. The lowest BCUT2D eigenvalue weighted by molar-refractivity contribution is 0.0925. The van der Waals surface area contributed by atoms with Crippen molar-refractivity contribution in [2.24, 2.45) is 0 Å². The number of nitrogens with one attached hydrogen (secondary N) is 1. The third-order valence-corrected chi connectivity index (χ3v) is 5.35. The molecule has 4 rings (SSSR count). The van der Waals surface area contributed by atoms with E-state index >= 15 is 0 Å². The van der Waals surface area contributed by atoms with Crippen molar-refractivity contribution in [2.45, 2.75) is 27.2 Å². The summed E-state index contributed by atoms with van der Waals surface area (Å²) in [6.45, 7) is 6.31. The van der Waals surface area contributed by atoms with Crippen LogP contribution < -0.4 is 15.0 Å². The molecule has 0 saturated heterocycles. The number of imide groups is 1. The first-order valence-electron chi connectivity index (χ1n) is 10.5. The first-order valence-corrected chi connectivity index (χ1v) is 10.5. The van der Waals surface area contributed by atoms with E-state index in [2.05, 4.69) is 5.32 Å². The maximum absolute atomic E-state index is 13.1. The maximum Gasteiger partial charge on any atom is 0.266 e. The van der Waals surface area contributed by atoms with Crippen LogP contribution in [0.2, 0.25) is 0 Å². The van der Waals surface area contributed by atoms with Crippen molar-refractivity contribution in [1.82, 2.24) is 0 Å². The van der Waals surface area contributed by atoms with Crippen molar-refractivity contribution in [1.29, 1.82) is 0 Å². The molecule has 6 heteroatoms. The maximum atomic E-state index is 13.1. The molecule has 0 aromatic heterocycles. The fraction of sp³-hybridized carbons (Fsp3) is 0.192. The Morgan fingerprint density at radius 2 is 1.69 bits per heavy atom. The van der Waals surface area contributed by atoms with E-state index in [4.69, 9.17) is 4.74 Å². The minimum atomic E-state index is -0.431. The minimum Gasteiger partial charge on any atom is -0.491 e. The molecule has 0 saturated carbocycles. The number of nitrogens with zero attached hydrogens (tertiary/aromatic N) is 1. The van der Waals surface area contributed by atoms with Gasteiger partial charge in [-0.05, 0) is 67.8 Å². The van der Waals surface area contributed by atoms with Gasteiger partial charge < -0.3 is 10.1 Å². The number of fused-ring (bicyclic) bond motifs is 1. The molecule has 162 valence electrons. The molecule has 0 aliphatic carbocycles. The van der Waals surface area contributed by atoms with Crippen LogP contribution >= 0.6 is 0 Å². The number of benzene rings is 3. The van der Waals surface area contributed by atoms with E-state index in [9.17, 15) is 14.4 Å². The molecule has 0 fully saturated rings. The Labute approximate surface area is 186 Å². The number of amides is 3. The van der Waals surface area contributed by atoms with Crippen LogP contribution in [0.1, 0.15) is 55.5 Å². The third-order valence-electron chi connectivity index (χ3n) is 5.35. The topological polar surface area (TPSA) is 75.7 Å². The fourth-order valence-corrected chi connectivity index (χ4v) is 3.66. The lowest BCUT2D eigenvalue weighted by Gasteiger charge is -2.17. The SMILES string of the molecule is CCCOc1ccccc1NC(=O)c1ccc2c(c1)C(=O)N(c1cc(C)ccc1C)C2=O. The van der Waals surface area contributed by atoms with E-state index in [0.29, 0.717) is 29.3 Å². The summed E-state index contributed by atoms with van der Waals surface area (Å²) >= 11 is 0. The Bertz CT molecular complexity index is 1230. The summed E-state index contributed by atoms with van der Waals surface area (Å²) in [5.41, 5.74) is 3.68. The summed E-state index contributed by atoms with van der Waals surface area (Å²) in [7, 11) is 0. The van der Waals surface area contributed by atoms with Gasteiger partial charge >= 0.3 is 0 Å². The zero-order valence-corrected chi connectivity index (χ0v) is 18.3. The molecular formula is C26H24N2O4. The molecule has 0 bridgehead atoms. The molecule has 1 aliphatic heterocycles. The van der Waals surface area contributed by atoms with Gasteiger partial charge in [0.1, 0.15) is 5.75 Å². The van der Waals surface area contributed by atoms with Crippen molar-refractivity contribution in [3.63, 3.8) is 0 Å². The molecule has 1 aliphatic rings. The molecule has 3 amide bonds. The van der Waals surface area contributed by atoms with Gasteiger partial charge in [-0.25, -0.2) is 4.90 Å². The van der Waals surface area contributed by atoms with Gasteiger partial charge in [0.05, 0.1) is 29.1 Å². The van der Waals surface area contributed by atoms with Crippen LogP contribution in [0.5, 0.6) is 5.75 Å². The van der Waals surface area contributed by atoms with E-state index in [1.165, 1.54) is 17.0 Å². The number of rotatable bonds is 6. The van der Waals surface area contributed by atoms with Crippen molar-refractivity contribution in [3.8, 4) is 5.75 Å². The van der Waals surface area contributed by atoms with Gasteiger partial charge in [0.25, 0.3) is 17.7 Å². The van der Waals surface area contributed by atoms with Gasteiger partial charge in [-0.15, -0.1) is 0 Å². The number of hydrogen-bond donors (Lipinski definition) is 1. The molecule has 0 radical (unpaired) electrons. The molecule has 1 N–H and O–H groups in total. The normalized spacial score (nSPS) is 12.7. The zero-order valence-electron chi connectivity index (χ0n) is 18.3. The van der Waals surface area contributed by atoms with Crippen LogP contribution in [0, 0.1) is 13.8 Å². The van der Waals surface area contributed by atoms with Gasteiger partial charge in [0, 0.05) is 5.56 Å². The number of hydrogen-bond acceptors (Lipinski definition) is 4.